The largest absolute Gasteiger partial charge is 0.398 e. The topological polar surface area (TPSA) is 90.9 Å². The smallest absolute Gasteiger partial charge is 0.221 e. The van der Waals surface area contributed by atoms with Crippen LogP contribution >= 0.6 is 0 Å². The molecule has 0 spiro atoms. The molecular weight excluding hydrogens is 228 g/mol. The zero-order valence-corrected chi connectivity index (χ0v) is 10.7. The Morgan fingerprint density at radius 3 is 2.83 bits per heavy atom. The molecule has 0 bridgehead atoms. The van der Waals surface area contributed by atoms with Gasteiger partial charge >= 0.3 is 0 Å². The van der Waals surface area contributed by atoms with E-state index in [0.29, 0.717) is 24.2 Å². The highest BCUT2D eigenvalue weighted by Gasteiger charge is 2.03. The number of carbonyl (C=O) groups is 1. The first-order valence-corrected chi connectivity index (χ1v) is 5.85. The van der Waals surface area contributed by atoms with Crippen LogP contribution in [0.2, 0.25) is 0 Å². The standard InChI is InChI=1S/C13H18N4O/c1-9(2)17-13(18)5-6-16-11-3-4-12(15)10(7-11)8-14/h3-4,7,9,16H,5-6,15H2,1-2H3,(H,17,18). The van der Waals surface area contributed by atoms with Crippen LogP contribution in [0.15, 0.2) is 18.2 Å². The van der Waals surface area contributed by atoms with Crippen molar-refractivity contribution in [1.29, 1.82) is 5.26 Å². The predicted molar refractivity (Wildman–Crippen MR) is 72.0 cm³/mol. The van der Waals surface area contributed by atoms with E-state index in [0.717, 1.165) is 5.69 Å². The Labute approximate surface area is 107 Å². The normalized spacial score (nSPS) is 9.89. The van der Waals surface area contributed by atoms with E-state index in [1.54, 1.807) is 18.2 Å². The molecule has 4 N–H and O–H groups in total. The molecule has 5 nitrogen and oxygen atoms in total. The average Bonchev–Trinajstić information content (AvgIpc) is 2.30. The number of nitrogens with two attached hydrogens (primary N) is 1. The Morgan fingerprint density at radius 2 is 2.22 bits per heavy atom. The lowest BCUT2D eigenvalue weighted by Crippen LogP contribution is -2.31. The molecule has 5 heteroatoms. The summed E-state index contributed by atoms with van der Waals surface area (Å²) in [4.78, 5) is 11.4. The molecule has 0 radical (unpaired) electrons. The van der Waals surface area contributed by atoms with Gasteiger partial charge in [0.2, 0.25) is 5.91 Å². The summed E-state index contributed by atoms with van der Waals surface area (Å²) in [7, 11) is 0. The quantitative estimate of drug-likeness (QED) is 0.686. The van der Waals surface area contributed by atoms with Crippen molar-refractivity contribution < 1.29 is 4.79 Å². The number of nitrogens with one attached hydrogen (secondary N) is 2. The van der Waals surface area contributed by atoms with Gasteiger partial charge in [0.05, 0.1) is 5.56 Å². The van der Waals surface area contributed by atoms with Gasteiger partial charge in [0.1, 0.15) is 6.07 Å². The van der Waals surface area contributed by atoms with Gasteiger partial charge in [0.25, 0.3) is 0 Å². The van der Waals surface area contributed by atoms with Gasteiger partial charge in [-0.1, -0.05) is 0 Å². The Morgan fingerprint density at radius 1 is 1.50 bits per heavy atom. The van der Waals surface area contributed by atoms with E-state index in [4.69, 9.17) is 11.0 Å². The highest BCUT2D eigenvalue weighted by atomic mass is 16.1. The summed E-state index contributed by atoms with van der Waals surface area (Å²) in [6.07, 6.45) is 0.393. The number of nitrogen functional groups attached to an aromatic ring is 1. The lowest BCUT2D eigenvalue weighted by Gasteiger charge is -2.10. The molecule has 0 aliphatic rings. The molecule has 0 aliphatic heterocycles. The highest BCUT2D eigenvalue weighted by Crippen LogP contribution is 2.16. The summed E-state index contributed by atoms with van der Waals surface area (Å²) in [5.41, 5.74) is 7.30. The lowest BCUT2D eigenvalue weighted by atomic mass is 10.2. The maximum absolute atomic E-state index is 11.4. The molecule has 0 aliphatic carbocycles. The van der Waals surface area contributed by atoms with Gasteiger partial charge in [0, 0.05) is 30.4 Å². The second-order valence-electron chi connectivity index (χ2n) is 4.31. The van der Waals surface area contributed by atoms with Crippen LogP contribution in [-0.4, -0.2) is 18.5 Å². The van der Waals surface area contributed by atoms with Crippen molar-refractivity contribution in [2.24, 2.45) is 0 Å². The van der Waals surface area contributed by atoms with Crippen molar-refractivity contribution in [1.82, 2.24) is 5.32 Å². The third-order valence-electron chi connectivity index (χ3n) is 2.30. The SMILES string of the molecule is CC(C)NC(=O)CCNc1ccc(N)c(C#N)c1. The minimum Gasteiger partial charge on any atom is -0.398 e. The third kappa shape index (κ3) is 4.34. The molecule has 1 aromatic carbocycles. The second kappa shape index (κ2) is 6.50. The zero-order valence-electron chi connectivity index (χ0n) is 10.7. The number of amides is 1. The van der Waals surface area contributed by atoms with E-state index >= 15 is 0 Å². The highest BCUT2D eigenvalue weighted by molar-refractivity contribution is 5.76. The maximum Gasteiger partial charge on any atom is 0.221 e. The molecule has 0 aromatic heterocycles. The first-order chi connectivity index (χ1) is 8.52. The van der Waals surface area contributed by atoms with Gasteiger partial charge in [-0.3, -0.25) is 4.79 Å². The molecule has 1 aromatic rings. The van der Waals surface area contributed by atoms with Crippen LogP contribution in [0.5, 0.6) is 0 Å². The number of hydrogen-bond acceptors (Lipinski definition) is 4. The fourth-order valence-electron chi connectivity index (χ4n) is 1.48. The van der Waals surface area contributed by atoms with Crippen molar-refractivity contribution in [2.45, 2.75) is 26.3 Å². The molecule has 0 atom stereocenters. The van der Waals surface area contributed by atoms with E-state index in [2.05, 4.69) is 10.6 Å². The number of carbonyl (C=O) groups excluding carboxylic acids is 1. The zero-order chi connectivity index (χ0) is 13.5. The Kier molecular flexibility index (Phi) is 5.00. The molecule has 1 rings (SSSR count). The van der Waals surface area contributed by atoms with Crippen LogP contribution in [0.4, 0.5) is 11.4 Å². The molecule has 1 amide bonds. The molecule has 0 fully saturated rings. The monoisotopic (exact) mass is 246 g/mol. The molecule has 18 heavy (non-hydrogen) atoms. The summed E-state index contributed by atoms with van der Waals surface area (Å²) in [6, 6.07) is 7.31. The molecule has 0 saturated carbocycles. The van der Waals surface area contributed by atoms with Crippen molar-refractivity contribution in [2.75, 3.05) is 17.6 Å². The van der Waals surface area contributed by atoms with Gasteiger partial charge in [-0.25, -0.2) is 0 Å². The fourth-order valence-corrected chi connectivity index (χ4v) is 1.48. The van der Waals surface area contributed by atoms with Gasteiger partial charge in [-0.2, -0.15) is 5.26 Å². The summed E-state index contributed by atoms with van der Waals surface area (Å²) < 4.78 is 0. The third-order valence-corrected chi connectivity index (χ3v) is 2.30. The first-order valence-electron chi connectivity index (χ1n) is 5.85. The number of hydrogen-bond donors (Lipinski definition) is 3. The maximum atomic E-state index is 11.4. The fraction of sp³-hybridized carbons (Fsp3) is 0.385. The molecule has 96 valence electrons. The number of anilines is 2. The van der Waals surface area contributed by atoms with Crippen LogP contribution < -0.4 is 16.4 Å². The van der Waals surface area contributed by atoms with Gasteiger partial charge < -0.3 is 16.4 Å². The number of rotatable bonds is 5. The van der Waals surface area contributed by atoms with Gasteiger partial charge in [-0.15, -0.1) is 0 Å². The van der Waals surface area contributed by atoms with Crippen molar-refractivity contribution >= 4 is 17.3 Å². The Balaban J connectivity index is 2.45. The van der Waals surface area contributed by atoms with E-state index in [-0.39, 0.29) is 11.9 Å². The van der Waals surface area contributed by atoms with E-state index in [9.17, 15) is 4.79 Å². The second-order valence-corrected chi connectivity index (χ2v) is 4.31. The van der Waals surface area contributed by atoms with Crippen molar-refractivity contribution in [3.05, 3.63) is 23.8 Å². The van der Waals surface area contributed by atoms with Crippen molar-refractivity contribution in [3.63, 3.8) is 0 Å². The van der Waals surface area contributed by atoms with Crippen LogP contribution in [0.3, 0.4) is 0 Å². The molecule has 0 unspecified atom stereocenters. The number of benzene rings is 1. The van der Waals surface area contributed by atoms with Crippen LogP contribution in [0.1, 0.15) is 25.8 Å². The Bertz CT molecular complexity index is 463. The minimum absolute atomic E-state index is 0.00783. The summed E-state index contributed by atoms with van der Waals surface area (Å²) in [5.74, 6) is 0.00783. The first kappa shape index (κ1) is 13.8. The van der Waals surface area contributed by atoms with Gasteiger partial charge in [0.15, 0.2) is 0 Å². The van der Waals surface area contributed by atoms with Crippen LogP contribution in [0.25, 0.3) is 0 Å². The minimum atomic E-state index is 0.00783. The average molecular weight is 246 g/mol. The number of nitriles is 1. The summed E-state index contributed by atoms with van der Waals surface area (Å²) in [6.45, 7) is 4.36. The van der Waals surface area contributed by atoms with Gasteiger partial charge in [-0.05, 0) is 32.0 Å². The summed E-state index contributed by atoms with van der Waals surface area (Å²) in [5, 5.41) is 14.7. The molecule has 0 saturated heterocycles. The predicted octanol–water partition coefficient (Wildman–Crippen LogP) is 1.47. The van der Waals surface area contributed by atoms with Crippen LogP contribution in [0, 0.1) is 11.3 Å². The molecular formula is C13H18N4O. The van der Waals surface area contributed by atoms with E-state index < -0.39 is 0 Å². The van der Waals surface area contributed by atoms with Crippen molar-refractivity contribution in [3.8, 4) is 6.07 Å². The van der Waals surface area contributed by atoms with E-state index in [1.807, 2.05) is 19.9 Å². The summed E-state index contributed by atoms with van der Waals surface area (Å²) >= 11 is 0. The lowest BCUT2D eigenvalue weighted by molar-refractivity contribution is -0.121. The molecule has 0 heterocycles. The van der Waals surface area contributed by atoms with Crippen LogP contribution in [-0.2, 0) is 4.79 Å². The van der Waals surface area contributed by atoms with E-state index in [1.165, 1.54) is 0 Å². The number of nitrogens with zero attached hydrogens (tertiary/aromatic N) is 1. The Hall–Kier alpha value is -2.22.